The quantitative estimate of drug-likeness (QED) is 0.410. The van der Waals surface area contributed by atoms with Gasteiger partial charge in [-0.2, -0.15) is 0 Å². The van der Waals surface area contributed by atoms with Crippen molar-refractivity contribution in [2.24, 2.45) is 0 Å². The van der Waals surface area contributed by atoms with Crippen molar-refractivity contribution in [3.63, 3.8) is 0 Å². The minimum atomic E-state index is -1.34. The minimum absolute atomic E-state index is 0.0743. The molecule has 1 saturated heterocycles. The van der Waals surface area contributed by atoms with Gasteiger partial charge in [-0.25, -0.2) is 0 Å². The molecule has 1 aliphatic rings. The number of aliphatic hydroxyl groups is 3. The Labute approximate surface area is 106 Å². The zero-order chi connectivity index (χ0) is 13.5. The second-order valence-electron chi connectivity index (χ2n) is 3.96. The molecule has 1 aliphatic heterocycles. The molecular formula is C12H20O6. The largest absolute Gasteiger partial charge is 0.387 e. The first-order valence-corrected chi connectivity index (χ1v) is 5.72. The molecule has 0 saturated carbocycles. The van der Waals surface area contributed by atoms with E-state index in [-0.39, 0.29) is 13.2 Å². The Hall–Kier alpha value is -0.760. The maximum absolute atomic E-state index is 9.73. The van der Waals surface area contributed by atoms with Gasteiger partial charge in [-0.15, -0.1) is 13.2 Å². The average molecular weight is 260 g/mol. The third-order valence-corrected chi connectivity index (χ3v) is 2.56. The van der Waals surface area contributed by atoms with Crippen molar-refractivity contribution in [3.8, 4) is 0 Å². The molecule has 0 aromatic rings. The van der Waals surface area contributed by atoms with E-state index in [2.05, 4.69) is 13.2 Å². The lowest BCUT2D eigenvalue weighted by molar-refractivity contribution is -0.299. The second kappa shape index (κ2) is 7.63. The van der Waals surface area contributed by atoms with E-state index >= 15 is 0 Å². The first-order valence-electron chi connectivity index (χ1n) is 5.72. The first kappa shape index (κ1) is 15.3. The Morgan fingerprint density at radius 3 is 2.28 bits per heavy atom. The molecule has 1 rings (SSSR count). The number of hydrogen-bond donors (Lipinski definition) is 3. The fourth-order valence-electron chi connectivity index (χ4n) is 1.62. The van der Waals surface area contributed by atoms with Crippen molar-refractivity contribution < 1.29 is 29.5 Å². The van der Waals surface area contributed by atoms with Gasteiger partial charge in [-0.1, -0.05) is 12.2 Å². The number of aliphatic hydroxyl groups excluding tert-OH is 3. The van der Waals surface area contributed by atoms with Gasteiger partial charge in [0.25, 0.3) is 0 Å². The molecule has 18 heavy (non-hydrogen) atoms. The summed E-state index contributed by atoms with van der Waals surface area (Å²) in [5, 5.41) is 29.1. The number of ether oxygens (including phenoxy) is 3. The molecule has 0 aliphatic carbocycles. The minimum Gasteiger partial charge on any atom is -0.387 e. The van der Waals surface area contributed by atoms with Gasteiger partial charge in [0.15, 0.2) is 6.29 Å². The fourth-order valence-corrected chi connectivity index (χ4v) is 1.62. The molecule has 6 nitrogen and oxygen atoms in total. The molecule has 0 radical (unpaired) electrons. The lowest BCUT2D eigenvalue weighted by Gasteiger charge is -2.39. The first-order chi connectivity index (χ1) is 8.61. The van der Waals surface area contributed by atoms with Gasteiger partial charge >= 0.3 is 0 Å². The van der Waals surface area contributed by atoms with Gasteiger partial charge in [-0.05, 0) is 0 Å². The molecule has 1 heterocycles. The Morgan fingerprint density at radius 1 is 1.00 bits per heavy atom. The summed E-state index contributed by atoms with van der Waals surface area (Å²) in [6.45, 7) is 7.52. The normalized spacial score (nSPS) is 36.3. The van der Waals surface area contributed by atoms with E-state index < -0.39 is 30.7 Å². The van der Waals surface area contributed by atoms with Crippen LogP contribution in [0.4, 0.5) is 0 Å². The molecule has 0 bridgehead atoms. The molecule has 1 fully saturated rings. The highest BCUT2D eigenvalue weighted by Crippen LogP contribution is 2.22. The van der Waals surface area contributed by atoms with E-state index in [1.807, 2.05) is 0 Å². The molecule has 6 heteroatoms. The van der Waals surface area contributed by atoms with Crippen LogP contribution < -0.4 is 0 Å². The maximum atomic E-state index is 9.73. The number of hydrogen-bond acceptors (Lipinski definition) is 6. The van der Waals surface area contributed by atoms with Crippen LogP contribution in [0.25, 0.3) is 0 Å². The van der Waals surface area contributed by atoms with Gasteiger partial charge in [0.1, 0.15) is 24.4 Å². The van der Waals surface area contributed by atoms with E-state index in [0.717, 1.165) is 0 Å². The molecule has 0 aromatic carbocycles. The van der Waals surface area contributed by atoms with Crippen molar-refractivity contribution in [1.29, 1.82) is 0 Å². The lowest BCUT2D eigenvalue weighted by Crippen LogP contribution is -2.59. The van der Waals surface area contributed by atoms with Gasteiger partial charge in [0.05, 0.1) is 19.8 Å². The van der Waals surface area contributed by atoms with Crippen molar-refractivity contribution in [1.82, 2.24) is 0 Å². The molecular weight excluding hydrogens is 240 g/mol. The maximum Gasteiger partial charge on any atom is 0.187 e. The van der Waals surface area contributed by atoms with Gasteiger partial charge in [0, 0.05) is 0 Å². The standard InChI is InChI=1S/C12H20O6/c1-3-5-16-7-8-9(13)10(14)11(15)12(18-8)17-6-4-2/h3-4,8-15H,1-2,5-7H2. The summed E-state index contributed by atoms with van der Waals surface area (Å²) in [5.74, 6) is 0. The van der Waals surface area contributed by atoms with E-state index in [1.165, 1.54) is 6.08 Å². The van der Waals surface area contributed by atoms with Crippen molar-refractivity contribution >= 4 is 0 Å². The number of rotatable bonds is 7. The van der Waals surface area contributed by atoms with Crippen LogP contribution in [0.2, 0.25) is 0 Å². The molecule has 5 atom stereocenters. The smallest absolute Gasteiger partial charge is 0.187 e. The molecule has 5 unspecified atom stereocenters. The highest BCUT2D eigenvalue weighted by Gasteiger charge is 2.44. The van der Waals surface area contributed by atoms with Crippen molar-refractivity contribution in [2.45, 2.75) is 30.7 Å². The Bertz CT molecular complexity index is 267. The topological polar surface area (TPSA) is 88.4 Å². The summed E-state index contributed by atoms with van der Waals surface area (Å²) >= 11 is 0. The second-order valence-corrected chi connectivity index (χ2v) is 3.96. The van der Waals surface area contributed by atoms with Gasteiger partial charge in [0.2, 0.25) is 0 Å². The van der Waals surface area contributed by atoms with Crippen molar-refractivity contribution in [3.05, 3.63) is 25.3 Å². The highest BCUT2D eigenvalue weighted by atomic mass is 16.7. The van der Waals surface area contributed by atoms with Crippen molar-refractivity contribution in [2.75, 3.05) is 19.8 Å². The predicted octanol–water partition coefficient (Wildman–Crippen LogP) is -0.801. The van der Waals surface area contributed by atoms with Gasteiger partial charge in [-0.3, -0.25) is 0 Å². The van der Waals surface area contributed by atoms with Crippen LogP contribution >= 0.6 is 0 Å². The van der Waals surface area contributed by atoms with Crippen LogP contribution in [0.3, 0.4) is 0 Å². The van der Waals surface area contributed by atoms with Crippen LogP contribution in [-0.2, 0) is 14.2 Å². The molecule has 0 aromatic heterocycles. The van der Waals surface area contributed by atoms with Crippen LogP contribution in [0, 0.1) is 0 Å². The Kier molecular flexibility index (Phi) is 6.48. The van der Waals surface area contributed by atoms with E-state index in [0.29, 0.717) is 6.61 Å². The summed E-state index contributed by atoms with van der Waals surface area (Å²) in [6.07, 6.45) is -2.60. The monoisotopic (exact) mass is 260 g/mol. The van der Waals surface area contributed by atoms with Crippen LogP contribution in [0.1, 0.15) is 0 Å². The van der Waals surface area contributed by atoms with E-state index in [4.69, 9.17) is 14.2 Å². The van der Waals surface area contributed by atoms with Crippen LogP contribution in [0.15, 0.2) is 25.3 Å². The summed E-state index contributed by atoms with van der Waals surface area (Å²) in [5.41, 5.74) is 0. The summed E-state index contributed by atoms with van der Waals surface area (Å²) in [4.78, 5) is 0. The third kappa shape index (κ3) is 3.88. The predicted molar refractivity (Wildman–Crippen MR) is 63.8 cm³/mol. The SMILES string of the molecule is C=CCOCC1OC(OCC=C)C(O)C(O)C1O. The van der Waals surface area contributed by atoms with E-state index in [1.54, 1.807) is 6.08 Å². The summed E-state index contributed by atoms with van der Waals surface area (Å²) in [6, 6.07) is 0. The van der Waals surface area contributed by atoms with E-state index in [9.17, 15) is 15.3 Å². The fraction of sp³-hybridized carbons (Fsp3) is 0.667. The molecule has 0 spiro atoms. The Morgan fingerprint density at radius 2 is 1.67 bits per heavy atom. The zero-order valence-electron chi connectivity index (χ0n) is 10.1. The average Bonchev–Trinajstić information content (AvgIpc) is 2.37. The lowest BCUT2D eigenvalue weighted by atomic mass is 9.99. The molecule has 104 valence electrons. The van der Waals surface area contributed by atoms with Crippen LogP contribution in [-0.4, -0.2) is 65.8 Å². The Balaban J connectivity index is 2.55. The zero-order valence-corrected chi connectivity index (χ0v) is 10.1. The van der Waals surface area contributed by atoms with Crippen LogP contribution in [0.5, 0.6) is 0 Å². The summed E-state index contributed by atoms with van der Waals surface area (Å²) < 4.78 is 15.7. The van der Waals surface area contributed by atoms with Gasteiger partial charge < -0.3 is 29.5 Å². The molecule has 3 N–H and O–H groups in total. The summed E-state index contributed by atoms with van der Waals surface area (Å²) in [7, 11) is 0. The highest BCUT2D eigenvalue weighted by molar-refractivity contribution is 4.89. The third-order valence-electron chi connectivity index (χ3n) is 2.56. The molecule has 0 amide bonds.